The highest BCUT2D eigenvalue weighted by atomic mass is 16.7. The molecule has 1 aliphatic heterocycles. The second-order valence-corrected chi connectivity index (χ2v) is 7.32. The fourth-order valence-electron chi connectivity index (χ4n) is 3.54. The molecule has 11 heteroatoms. The number of rotatable bonds is 5. The monoisotopic (exact) mass is 460 g/mol. The highest BCUT2D eigenvalue weighted by Gasteiger charge is 2.48. The molecule has 5 N–H and O–H groups in total. The minimum Gasteiger partial charge on any atom is -0.504 e. The van der Waals surface area contributed by atoms with E-state index in [0.29, 0.717) is 5.56 Å². The molecule has 2 heterocycles. The van der Waals surface area contributed by atoms with Crippen molar-refractivity contribution in [2.75, 3.05) is 7.11 Å². The summed E-state index contributed by atoms with van der Waals surface area (Å²) in [6, 6.07) is 11.2. The maximum absolute atomic E-state index is 12.8. The van der Waals surface area contributed by atoms with Crippen LogP contribution in [0.5, 0.6) is 17.2 Å². The van der Waals surface area contributed by atoms with Crippen molar-refractivity contribution in [1.29, 1.82) is 0 Å². The smallest absolute Gasteiger partial charge is 0.335 e. The van der Waals surface area contributed by atoms with Crippen LogP contribution in [0.15, 0.2) is 51.7 Å². The van der Waals surface area contributed by atoms with E-state index in [0.717, 1.165) is 0 Å². The lowest BCUT2D eigenvalue weighted by molar-refractivity contribution is -0.271. The number of carbonyl (C=O) groups is 1. The van der Waals surface area contributed by atoms with Crippen molar-refractivity contribution < 1.29 is 49.0 Å². The summed E-state index contributed by atoms with van der Waals surface area (Å²) >= 11 is 0. The second kappa shape index (κ2) is 8.71. The topological polar surface area (TPSA) is 176 Å². The Morgan fingerprint density at radius 2 is 1.73 bits per heavy atom. The second-order valence-electron chi connectivity index (χ2n) is 7.32. The number of aliphatic hydroxyl groups excluding tert-OH is 3. The molecule has 4 rings (SSSR count). The third kappa shape index (κ3) is 3.98. The fourth-order valence-corrected chi connectivity index (χ4v) is 3.54. The van der Waals surface area contributed by atoms with Crippen molar-refractivity contribution in [3.05, 3.63) is 52.7 Å². The number of aliphatic carboxylic acids is 1. The lowest BCUT2D eigenvalue weighted by Crippen LogP contribution is -2.61. The third-order valence-electron chi connectivity index (χ3n) is 5.24. The van der Waals surface area contributed by atoms with Gasteiger partial charge < -0.3 is 44.2 Å². The van der Waals surface area contributed by atoms with Gasteiger partial charge in [-0.3, -0.25) is 4.79 Å². The molecule has 0 bridgehead atoms. The first-order valence-electron chi connectivity index (χ1n) is 9.75. The Labute approximate surface area is 185 Å². The van der Waals surface area contributed by atoms with Gasteiger partial charge in [-0.2, -0.15) is 0 Å². The predicted octanol–water partition coefficient (Wildman–Crippen LogP) is 0.445. The van der Waals surface area contributed by atoms with Gasteiger partial charge >= 0.3 is 5.97 Å². The molecule has 1 aliphatic rings. The highest BCUT2D eigenvalue weighted by molar-refractivity contribution is 5.89. The van der Waals surface area contributed by atoms with E-state index in [1.807, 2.05) is 0 Å². The van der Waals surface area contributed by atoms with E-state index in [1.54, 1.807) is 30.3 Å². The van der Waals surface area contributed by atoms with E-state index in [2.05, 4.69) is 0 Å². The molecule has 0 amide bonds. The number of aliphatic hydroxyl groups is 3. The molecule has 1 aromatic heterocycles. The van der Waals surface area contributed by atoms with E-state index in [-0.39, 0.29) is 22.5 Å². The van der Waals surface area contributed by atoms with Gasteiger partial charge in [-0.25, -0.2) is 4.79 Å². The number of carboxylic acid groups (broad SMARTS) is 1. The molecule has 2 aromatic carbocycles. The van der Waals surface area contributed by atoms with Crippen LogP contribution >= 0.6 is 0 Å². The van der Waals surface area contributed by atoms with Gasteiger partial charge in [0.25, 0.3) is 0 Å². The van der Waals surface area contributed by atoms with Crippen LogP contribution in [0.3, 0.4) is 0 Å². The maximum atomic E-state index is 12.8. The fraction of sp³-hybridized carbons (Fsp3) is 0.273. The molecule has 1 saturated heterocycles. The Kier molecular flexibility index (Phi) is 5.95. The number of aromatic hydroxyl groups is 1. The van der Waals surface area contributed by atoms with E-state index in [4.69, 9.17) is 18.6 Å². The lowest BCUT2D eigenvalue weighted by Gasteiger charge is -2.38. The van der Waals surface area contributed by atoms with E-state index >= 15 is 0 Å². The zero-order chi connectivity index (χ0) is 23.9. The summed E-state index contributed by atoms with van der Waals surface area (Å²) in [6.45, 7) is 0. The molecule has 5 atom stereocenters. The standard InChI is InChI=1S/C22H20O11/c1-30-13-8-12-14(10(23)7-11(31-12)9-5-3-2-4-6-9)15(24)19(13)32-22-18(27)16(25)17(26)20(33-22)21(28)29/h2-8,16-18,20,22,24-27H,1H3,(H,28,29). The number of hydrogen-bond acceptors (Lipinski definition) is 10. The molecule has 0 saturated carbocycles. The molecule has 174 valence electrons. The van der Waals surface area contributed by atoms with E-state index in [1.165, 1.54) is 19.2 Å². The number of methoxy groups -OCH3 is 1. The van der Waals surface area contributed by atoms with Crippen LogP contribution in [0.4, 0.5) is 0 Å². The largest absolute Gasteiger partial charge is 0.504 e. The summed E-state index contributed by atoms with van der Waals surface area (Å²) in [5, 5.41) is 49.7. The summed E-state index contributed by atoms with van der Waals surface area (Å²) in [4.78, 5) is 24.1. The molecule has 11 nitrogen and oxygen atoms in total. The minimum absolute atomic E-state index is 0.0213. The number of phenols is 1. The number of benzene rings is 2. The Morgan fingerprint density at radius 1 is 1.03 bits per heavy atom. The summed E-state index contributed by atoms with van der Waals surface area (Å²) in [6.07, 6.45) is -9.46. The van der Waals surface area contributed by atoms with Crippen molar-refractivity contribution in [1.82, 2.24) is 0 Å². The van der Waals surface area contributed by atoms with Crippen LogP contribution in [0.1, 0.15) is 0 Å². The Bertz CT molecular complexity index is 1240. The van der Waals surface area contributed by atoms with Crippen molar-refractivity contribution in [3.8, 4) is 28.6 Å². The summed E-state index contributed by atoms with van der Waals surface area (Å²) in [7, 11) is 1.24. The first-order valence-corrected chi connectivity index (χ1v) is 9.75. The van der Waals surface area contributed by atoms with Gasteiger partial charge in [-0.05, 0) is 0 Å². The number of fused-ring (bicyclic) bond motifs is 1. The van der Waals surface area contributed by atoms with Crippen LogP contribution in [0, 0.1) is 0 Å². The van der Waals surface area contributed by atoms with Gasteiger partial charge in [-0.1, -0.05) is 30.3 Å². The van der Waals surface area contributed by atoms with Crippen molar-refractivity contribution >= 4 is 16.9 Å². The lowest BCUT2D eigenvalue weighted by atomic mass is 9.99. The molecule has 5 unspecified atom stereocenters. The Morgan fingerprint density at radius 3 is 2.36 bits per heavy atom. The first kappa shape index (κ1) is 22.6. The van der Waals surface area contributed by atoms with Gasteiger partial charge in [0.1, 0.15) is 35.0 Å². The van der Waals surface area contributed by atoms with Crippen molar-refractivity contribution in [2.45, 2.75) is 30.7 Å². The van der Waals surface area contributed by atoms with E-state index in [9.17, 15) is 35.1 Å². The molecular formula is C22H20O11. The molecule has 0 radical (unpaired) electrons. The van der Waals surface area contributed by atoms with Gasteiger partial charge in [-0.15, -0.1) is 0 Å². The van der Waals surface area contributed by atoms with Crippen LogP contribution in [0.2, 0.25) is 0 Å². The number of carboxylic acids is 1. The van der Waals surface area contributed by atoms with Crippen LogP contribution in [-0.4, -0.2) is 69.3 Å². The molecule has 0 spiro atoms. The van der Waals surface area contributed by atoms with E-state index < -0.39 is 53.6 Å². The van der Waals surface area contributed by atoms with Crippen LogP contribution in [0.25, 0.3) is 22.3 Å². The molecule has 33 heavy (non-hydrogen) atoms. The maximum Gasteiger partial charge on any atom is 0.335 e. The quantitative estimate of drug-likeness (QED) is 0.357. The number of ether oxygens (including phenoxy) is 3. The number of hydrogen-bond donors (Lipinski definition) is 5. The normalized spacial score (nSPS) is 25.0. The summed E-state index contributed by atoms with van der Waals surface area (Å²) in [5.41, 5.74) is -0.00242. The number of phenolic OH excluding ortho intramolecular Hbond substituents is 1. The summed E-state index contributed by atoms with van der Waals surface area (Å²) in [5.74, 6) is -2.65. The molecule has 3 aromatic rings. The zero-order valence-electron chi connectivity index (χ0n) is 17.1. The SMILES string of the molecule is COc1cc2oc(-c3ccccc3)cc(=O)c2c(O)c1OC1OC(C(=O)O)C(O)C(O)C1O. The minimum atomic E-state index is -1.92. The Hall–Kier alpha value is -3.64. The van der Waals surface area contributed by atoms with Gasteiger partial charge in [0.2, 0.25) is 12.0 Å². The molecular weight excluding hydrogens is 440 g/mol. The highest BCUT2D eigenvalue weighted by Crippen LogP contribution is 2.43. The van der Waals surface area contributed by atoms with Gasteiger partial charge in [0.15, 0.2) is 23.0 Å². The van der Waals surface area contributed by atoms with Crippen molar-refractivity contribution in [3.63, 3.8) is 0 Å². The third-order valence-corrected chi connectivity index (χ3v) is 5.24. The molecule has 1 fully saturated rings. The predicted molar refractivity (Wildman–Crippen MR) is 111 cm³/mol. The summed E-state index contributed by atoms with van der Waals surface area (Å²) < 4.78 is 21.5. The zero-order valence-corrected chi connectivity index (χ0v) is 17.1. The van der Waals surface area contributed by atoms with Crippen LogP contribution < -0.4 is 14.9 Å². The average molecular weight is 460 g/mol. The van der Waals surface area contributed by atoms with Crippen molar-refractivity contribution in [2.24, 2.45) is 0 Å². The Balaban J connectivity index is 1.78. The molecule has 0 aliphatic carbocycles. The first-order chi connectivity index (χ1) is 15.7. The van der Waals surface area contributed by atoms with Gasteiger partial charge in [0, 0.05) is 17.7 Å². The average Bonchev–Trinajstić information content (AvgIpc) is 2.80. The van der Waals surface area contributed by atoms with Crippen LogP contribution in [-0.2, 0) is 9.53 Å². The van der Waals surface area contributed by atoms with Gasteiger partial charge in [0.05, 0.1) is 7.11 Å².